The van der Waals surface area contributed by atoms with Crippen LogP contribution in [0, 0.1) is 39.0 Å². The van der Waals surface area contributed by atoms with Crippen LogP contribution in [0.4, 0.5) is 0 Å². The fourth-order valence-corrected chi connectivity index (χ4v) is 4.26. The van der Waals surface area contributed by atoms with Crippen molar-refractivity contribution in [3.8, 4) is 11.5 Å². The number of rotatable bonds is 7. The predicted octanol–water partition coefficient (Wildman–Crippen LogP) is 5.74. The number of benzene rings is 2. The first-order chi connectivity index (χ1) is 12.9. The third-order valence-corrected chi connectivity index (χ3v) is 5.49. The summed E-state index contributed by atoms with van der Waals surface area (Å²) >= 11 is 0. The van der Waals surface area contributed by atoms with E-state index in [9.17, 15) is 15.0 Å². The van der Waals surface area contributed by atoms with E-state index in [4.69, 9.17) is 0 Å². The number of phenolic OH excluding ortho intramolecular Hbond substituents is 2. The number of hydrogen-bond acceptors (Lipinski definition) is 3. The van der Waals surface area contributed by atoms with Crippen LogP contribution in [0.25, 0.3) is 0 Å². The number of phenols is 2. The highest BCUT2D eigenvalue weighted by molar-refractivity contribution is 5.83. The third-order valence-electron chi connectivity index (χ3n) is 5.49. The number of hydrogen-bond donors (Lipinski definition) is 2. The Bertz CT molecular complexity index is 878. The van der Waals surface area contributed by atoms with Crippen molar-refractivity contribution in [3.63, 3.8) is 0 Å². The number of ketones is 1. The van der Waals surface area contributed by atoms with Gasteiger partial charge < -0.3 is 10.2 Å². The molecule has 0 spiro atoms. The van der Waals surface area contributed by atoms with Crippen molar-refractivity contribution >= 4 is 5.78 Å². The summed E-state index contributed by atoms with van der Waals surface area (Å²) in [7, 11) is 0. The van der Waals surface area contributed by atoms with Gasteiger partial charge in [0.1, 0.15) is 17.3 Å². The van der Waals surface area contributed by atoms with E-state index < -0.39 is 0 Å². The molecule has 3 heteroatoms. The average Bonchev–Trinajstić information content (AvgIpc) is 2.55. The molecule has 0 fully saturated rings. The Morgan fingerprint density at radius 1 is 0.893 bits per heavy atom. The molecule has 2 N–H and O–H groups in total. The van der Waals surface area contributed by atoms with Crippen LogP contribution in [-0.4, -0.2) is 16.0 Å². The van der Waals surface area contributed by atoms with Crippen molar-refractivity contribution in [2.45, 2.75) is 67.7 Å². The van der Waals surface area contributed by atoms with Crippen LogP contribution < -0.4 is 0 Å². The molecule has 2 rings (SSSR count). The number of Topliss-reactive ketones (excluding diaryl/α,β-unsaturated/α-hetero) is 1. The highest BCUT2D eigenvalue weighted by atomic mass is 16.3. The molecule has 0 aliphatic heterocycles. The van der Waals surface area contributed by atoms with Crippen LogP contribution in [0.15, 0.2) is 24.3 Å². The summed E-state index contributed by atoms with van der Waals surface area (Å²) in [5.74, 6) is 0.602. The highest BCUT2D eigenvalue weighted by Gasteiger charge is 2.27. The Kier molecular flexibility index (Phi) is 6.59. The summed E-state index contributed by atoms with van der Waals surface area (Å²) in [6, 6.07) is 7.83. The van der Waals surface area contributed by atoms with Gasteiger partial charge >= 0.3 is 0 Å². The second kappa shape index (κ2) is 8.38. The number of aryl methyl sites for hydroxylation is 4. The van der Waals surface area contributed by atoms with E-state index in [1.807, 2.05) is 58.9 Å². The molecule has 28 heavy (non-hydrogen) atoms. The lowest BCUT2D eigenvalue weighted by Gasteiger charge is -2.28. The lowest BCUT2D eigenvalue weighted by molar-refractivity contribution is -0.122. The zero-order valence-corrected chi connectivity index (χ0v) is 18.3. The van der Waals surface area contributed by atoms with Gasteiger partial charge in [0.2, 0.25) is 0 Å². The number of aromatic hydroxyl groups is 2. The lowest BCUT2D eigenvalue weighted by Crippen LogP contribution is -2.24. The fourth-order valence-electron chi connectivity index (χ4n) is 4.26. The van der Waals surface area contributed by atoms with Gasteiger partial charge in [-0.15, -0.1) is 0 Å². The summed E-state index contributed by atoms with van der Waals surface area (Å²) < 4.78 is 0. The van der Waals surface area contributed by atoms with Crippen molar-refractivity contribution in [3.05, 3.63) is 57.6 Å². The Balaban J connectivity index is 2.10. The van der Waals surface area contributed by atoms with Gasteiger partial charge in [0.15, 0.2) is 0 Å². The first-order valence-electron chi connectivity index (χ1n) is 10.0. The second-order valence-electron chi connectivity index (χ2n) is 9.27. The minimum atomic E-state index is -0.128. The van der Waals surface area contributed by atoms with Gasteiger partial charge in [-0.25, -0.2) is 0 Å². The summed E-state index contributed by atoms with van der Waals surface area (Å²) in [5.41, 5.74) is 5.40. The predicted molar refractivity (Wildman–Crippen MR) is 115 cm³/mol. The van der Waals surface area contributed by atoms with E-state index in [0.717, 1.165) is 34.2 Å². The Hall–Kier alpha value is -2.29. The van der Waals surface area contributed by atoms with Crippen molar-refractivity contribution in [1.29, 1.82) is 0 Å². The van der Waals surface area contributed by atoms with Gasteiger partial charge in [-0.1, -0.05) is 56.2 Å². The van der Waals surface area contributed by atoms with E-state index in [0.29, 0.717) is 17.7 Å². The maximum Gasteiger partial charge on any atom is 0.140 e. The second-order valence-corrected chi connectivity index (χ2v) is 9.27. The molecule has 0 heterocycles. The molecule has 2 aromatic carbocycles. The molecule has 0 aliphatic carbocycles. The van der Waals surface area contributed by atoms with Crippen molar-refractivity contribution in [2.24, 2.45) is 11.3 Å². The largest absolute Gasteiger partial charge is 0.507 e. The zero-order chi connectivity index (χ0) is 21.2. The standard InChI is InChI=1S/C25H34O3/c1-15-8-17(3)23(27)20(10-15)12-22(26)19(5)13-25(6,7)14-21-11-16(2)9-18(4)24(21)28/h8-11,19,27-28H,12-14H2,1-7H3. The van der Waals surface area contributed by atoms with Gasteiger partial charge in [0.05, 0.1) is 0 Å². The summed E-state index contributed by atoms with van der Waals surface area (Å²) in [5, 5.41) is 20.7. The maximum atomic E-state index is 12.8. The van der Waals surface area contributed by atoms with E-state index in [1.165, 1.54) is 0 Å². The first kappa shape index (κ1) is 22.0. The molecular weight excluding hydrogens is 348 g/mol. The summed E-state index contributed by atoms with van der Waals surface area (Å²) in [6.07, 6.45) is 1.69. The van der Waals surface area contributed by atoms with E-state index in [1.54, 1.807) is 0 Å². The van der Waals surface area contributed by atoms with Crippen LogP contribution >= 0.6 is 0 Å². The third kappa shape index (κ3) is 5.37. The quantitative estimate of drug-likeness (QED) is 0.642. The van der Waals surface area contributed by atoms with Gasteiger partial charge in [-0.2, -0.15) is 0 Å². The number of carbonyl (C=O) groups is 1. The minimum absolute atomic E-state index is 0.122. The molecule has 1 atom stereocenters. The molecule has 2 aromatic rings. The molecule has 152 valence electrons. The van der Waals surface area contributed by atoms with E-state index in [2.05, 4.69) is 13.8 Å². The monoisotopic (exact) mass is 382 g/mol. The lowest BCUT2D eigenvalue weighted by atomic mass is 9.76. The molecule has 0 radical (unpaired) electrons. The SMILES string of the molecule is Cc1cc(C)c(O)c(CC(=O)C(C)CC(C)(C)Cc2cc(C)cc(C)c2O)c1. The minimum Gasteiger partial charge on any atom is -0.507 e. The van der Waals surface area contributed by atoms with Crippen molar-refractivity contribution in [1.82, 2.24) is 0 Å². The smallest absolute Gasteiger partial charge is 0.140 e. The molecule has 0 amide bonds. The Labute approximate surface area is 169 Å². The zero-order valence-electron chi connectivity index (χ0n) is 18.3. The molecule has 3 nitrogen and oxygen atoms in total. The Morgan fingerprint density at radius 2 is 1.36 bits per heavy atom. The molecule has 1 unspecified atom stereocenters. The molecule has 0 saturated carbocycles. The normalized spacial score (nSPS) is 12.8. The van der Waals surface area contributed by atoms with Crippen molar-refractivity contribution in [2.75, 3.05) is 0 Å². The van der Waals surface area contributed by atoms with Crippen LogP contribution in [0.2, 0.25) is 0 Å². The summed E-state index contributed by atoms with van der Waals surface area (Å²) in [4.78, 5) is 12.8. The fraction of sp³-hybridized carbons (Fsp3) is 0.480. The average molecular weight is 383 g/mol. The van der Waals surface area contributed by atoms with Crippen LogP contribution in [0.3, 0.4) is 0 Å². The molecule has 0 saturated heterocycles. The molecule has 0 aliphatic rings. The van der Waals surface area contributed by atoms with E-state index >= 15 is 0 Å². The van der Waals surface area contributed by atoms with Crippen molar-refractivity contribution < 1.29 is 15.0 Å². The van der Waals surface area contributed by atoms with Gasteiger partial charge in [-0.3, -0.25) is 4.79 Å². The topological polar surface area (TPSA) is 57.5 Å². The van der Waals surface area contributed by atoms with E-state index in [-0.39, 0.29) is 29.3 Å². The van der Waals surface area contributed by atoms with Crippen LogP contribution in [0.1, 0.15) is 60.6 Å². The highest BCUT2D eigenvalue weighted by Crippen LogP contribution is 2.35. The van der Waals surface area contributed by atoms with Crippen LogP contribution in [0.5, 0.6) is 11.5 Å². The molecule has 0 bridgehead atoms. The Morgan fingerprint density at radius 3 is 1.89 bits per heavy atom. The first-order valence-corrected chi connectivity index (χ1v) is 10.0. The van der Waals surface area contributed by atoms with Gasteiger partial charge in [0, 0.05) is 17.9 Å². The molecule has 0 aromatic heterocycles. The van der Waals surface area contributed by atoms with Gasteiger partial charge in [-0.05, 0) is 62.6 Å². The maximum absolute atomic E-state index is 12.8. The van der Waals surface area contributed by atoms with Gasteiger partial charge in [0.25, 0.3) is 0 Å². The number of carbonyl (C=O) groups excluding carboxylic acids is 1. The van der Waals surface area contributed by atoms with Crippen LogP contribution in [-0.2, 0) is 17.6 Å². The summed E-state index contributed by atoms with van der Waals surface area (Å²) in [6.45, 7) is 14.0. The molecular formula is C25H34O3.